The van der Waals surface area contributed by atoms with E-state index in [0.717, 1.165) is 6.07 Å². The molecule has 11 heteroatoms. The summed E-state index contributed by atoms with van der Waals surface area (Å²) in [6.45, 7) is 2.05. The van der Waals surface area contributed by atoms with E-state index < -0.39 is 37.6 Å². The summed E-state index contributed by atoms with van der Waals surface area (Å²) in [7, 11) is -3.76. The van der Waals surface area contributed by atoms with Crippen molar-refractivity contribution in [1.82, 2.24) is 4.98 Å². The number of nitrogens with two attached hydrogens (primary N) is 1. The van der Waals surface area contributed by atoms with Crippen LogP contribution in [0.25, 0.3) is 0 Å². The number of ether oxygens (including phenoxy) is 1. The molecule has 0 bridgehead atoms. The van der Waals surface area contributed by atoms with Gasteiger partial charge in [0, 0.05) is 30.7 Å². The van der Waals surface area contributed by atoms with Crippen molar-refractivity contribution in [3.63, 3.8) is 0 Å². The van der Waals surface area contributed by atoms with Gasteiger partial charge in [-0.1, -0.05) is 11.6 Å². The predicted octanol–water partition coefficient (Wildman–Crippen LogP) is 2.68. The number of amidine groups is 1. The molecule has 170 valence electrons. The second kappa shape index (κ2) is 8.09. The van der Waals surface area contributed by atoms with Crippen molar-refractivity contribution >= 4 is 38.9 Å². The summed E-state index contributed by atoms with van der Waals surface area (Å²) in [5.41, 5.74) is 5.15. The Kier molecular flexibility index (Phi) is 5.72. The molecule has 1 amide bonds. The summed E-state index contributed by atoms with van der Waals surface area (Å²) < 4.78 is 45.5. The number of carbonyl (C=O) groups excluding carboxylic acids is 1. The zero-order chi connectivity index (χ0) is 23.1. The fraction of sp³-hybridized carbons (Fsp3) is 0.381. The first-order valence-electron chi connectivity index (χ1n) is 9.95. The molecular weight excluding hydrogens is 459 g/mol. The van der Waals surface area contributed by atoms with Crippen molar-refractivity contribution in [3.8, 4) is 0 Å². The number of sulfone groups is 1. The minimum atomic E-state index is -3.76. The van der Waals surface area contributed by atoms with E-state index in [1.807, 2.05) is 0 Å². The SMILES string of the molecule is CC1(c2cc(NC(=O)c3ccc(Cl)cn3)ccc2F)CS(=O)(=O)C2(CCOCC2)C(N)=N1. The van der Waals surface area contributed by atoms with Gasteiger partial charge in [0.15, 0.2) is 9.84 Å². The topological polar surface area (TPSA) is 124 Å². The van der Waals surface area contributed by atoms with Gasteiger partial charge in [0.2, 0.25) is 0 Å². The van der Waals surface area contributed by atoms with Gasteiger partial charge in [-0.25, -0.2) is 17.8 Å². The molecule has 8 nitrogen and oxygen atoms in total. The number of carbonyl (C=O) groups is 1. The lowest BCUT2D eigenvalue weighted by Gasteiger charge is -2.43. The largest absolute Gasteiger partial charge is 0.386 e. The highest BCUT2D eigenvalue weighted by atomic mass is 35.5. The van der Waals surface area contributed by atoms with Gasteiger partial charge in [-0.15, -0.1) is 0 Å². The van der Waals surface area contributed by atoms with Crippen molar-refractivity contribution in [2.75, 3.05) is 24.3 Å². The molecular formula is C21H22ClFN4O4S. The molecule has 32 heavy (non-hydrogen) atoms. The molecule has 2 aromatic rings. The van der Waals surface area contributed by atoms with Crippen molar-refractivity contribution in [2.24, 2.45) is 10.7 Å². The fourth-order valence-electron chi connectivity index (χ4n) is 4.19. The summed E-state index contributed by atoms with van der Waals surface area (Å²) in [6.07, 6.45) is 1.77. The van der Waals surface area contributed by atoms with Crippen LogP contribution in [0.15, 0.2) is 41.5 Å². The second-order valence-electron chi connectivity index (χ2n) is 8.15. The monoisotopic (exact) mass is 480 g/mol. The van der Waals surface area contributed by atoms with Gasteiger partial charge in [-0.3, -0.25) is 9.79 Å². The van der Waals surface area contributed by atoms with Crippen molar-refractivity contribution in [2.45, 2.75) is 30.1 Å². The predicted molar refractivity (Wildman–Crippen MR) is 119 cm³/mol. The molecule has 2 aliphatic heterocycles. The second-order valence-corrected chi connectivity index (χ2v) is 10.9. The Morgan fingerprint density at radius 1 is 1.25 bits per heavy atom. The highest BCUT2D eigenvalue weighted by Crippen LogP contribution is 2.42. The number of pyridine rings is 1. The molecule has 1 atom stereocenters. The van der Waals surface area contributed by atoms with Crippen LogP contribution in [0.1, 0.15) is 35.8 Å². The Morgan fingerprint density at radius 2 is 1.97 bits per heavy atom. The number of amides is 1. The normalized spacial score (nSPS) is 24.0. The Morgan fingerprint density at radius 3 is 2.59 bits per heavy atom. The zero-order valence-electron chi connectivity index (χ0n) is 17.3. The smallest absolute Gasteiger partial charge is 0.274 e. The fourth-order valence-corrected chi connectivity index (χ4v) is 6.70. The number of anilines is 1. The van der Waals surface area contributed by atoms with Gasteiger partial charge in [0.1, 0.15) is 27.6 Å². The maximum Gasteiger partial charge on any atom is 0.274 e. The Balaban J connectivity index is 1.69. The number of nitrogens with zero attached hydrogens (tertiary/aromatic N) is 2. The van der Waals surface area contributed by atoms with Gasteiger partial charge in [0.25, 0.3) is 5.91 Å². The quantitative estimate of drug-likeness (QED) is 0.696. The van der Waals surface area contributed by atoms with Crippen LogP contribution < -0.4 is 11.1 Å². The molecule has 1 spiro atoms. The summed E-state index contributed by atoms with van der Waals surface area (Å²) in [5, 5.41) is 3.02. The molecule has 3 heterocycles. The number of benzene rings is 1. The van der Waals surface area contributed by atoms with Crippen LogP contribution in [0.3, 0.4) is 0 Å². The van der Waals surface area contributed by atoms with Crippen LogP contribution in [0.5, 0.6) is 0 Å². The van der Waals surface area contributed by atoms with Gasteiger partial charge in [0.05, 0.1) is 10.8 Å². The molecule has 1 aromatic heterocycles. The molecule has 0 saturated carbocycles. The number of hydrogen-bond donors (Lipinski definition) is 2. The van der Waals surface area contributed by atoms with E-state index in [4.69, 9.17) is 22.1 Å². The average molecular weight is 481 g/mol. The third-order valence-corrected chi connectivity index (χ3v) is 8.94. The maximum absolute atomic E-state index is 14.9. The van der Waals surface area contributed by atoms with Crippen LogP contribution in [0.4, 0.5) is 10.1 Å². The third-order valence-electron chi connectivity index (χ3n) is 5.97. The number of rotatable bonds is 3. The number of aromatic nitrogens is 1. The lowest BCUT2D eigenvalue weighted by Crippen LogP contribution is -2.60. The van der Waals surface area contributed by atoms with Gasteiger partial charge in [-0.05, 0) is 50.1 Å². The van der Waals surface area contributed by atoms with Crippen LogP contribution in [-0.2, 0) is 20.1 Å². The van der Waals surface area contributed by atoms with E-state index in [0.29, 0.717) is 5.02 Å². The molecule has 1 aromatic carbocycles. The van der Waals surface area contributed by atoms with E-state index >= 15 is 0 Å². The van der Waals surface area contributed by atoms with Crippen LogP contribution >= 0.6 is 11.6 Å². The number of hydrogen-bond acceptors (Lipinski definition) is 7. The van der Waals surface area contributed by atoms with Gasteiger partial charge in [-0.2, -0.15) is 0 Å². The van der Waals surface area contributed by atoms with Crippen LogP contribution in [-0.4, -0.2) is 48.9 Å². The molecule has 0 aliphatic carbocycles. The van der Waals surface area contributed by atoms with Gasteiger partial charge >= 0.3 is 0 Å². The standard InChI is InChI=1S/C21H22ClFN4O4S/c1-20(12-32(29,30)21(19(24)27-20)6-8-31-9-7-21)15-10-14(3-4-16(15)23)26-18(28)17-5-2-13(22)11-25-17/h2-5,10-11H,6-9,12H2,1H3,(H2,24,27)(H,26,28). The van der Waals surface area contributed by atoms with Crippen LogP contribution in [0.2, 0.25) is 5.02 Å². The zero-order valence-corrected chi connectivity index (χ0v) is 18.8. The molecule has 0 radical (unpaired) electrons. The first-order chi connectivity index (χ1) is 15.1. The van der Waals surface area contributed by atoms with E-state index in [2.05, 4.69) is 15.3 Å². The molecule has 1 saturated heterocycles. The molecule has 1 unspecified atom stereocenters. The first kappa shape index (κ1) is 22.6. The Bertz CT molecular complexity index is 1200. The number of halogens is 2. The Labute approximate surface area is 190 Å². The van der Waals surface area contributed by atoms with E-state index in [1.165, 1.54) is 37.4 Å². The number of nitrogens with one attached hydrogen (secondary N) is 1. The molecule has 1 fully saturated rings. The summed E-state index contributed by atoms with van der Waals surface area (Å²) in [6, 6.07) is 6.88. The highest BCUT2D eigenvalue weighted by molar-refractivity contribution is 7.93. The summed E-state index contributed by atoms with van der Waals surface area (Å²) in [4.78, 5) is 20.9. The van der Waals surface area contributed by atoms with Crippen molar-refractivity contribution in [1.29, 1.82) is 0 Å². The number of aliphatic imine (C=N–C) groups is 1. The summed E-state index contributed by atoms with van der Waals surface area (Å²) >= 11 is 5.79. The minimum Gasteiger partial charge on any atom is -0.386 e. The highest BCUT2D eigenvalue weighted by Gasteiger charge is 2.55. The third kappa shape index (κ3) is 3.87. The first-order valence-corrected chi connectivity index (χ1v) is 12.0. The van der Waals surface area contributed by atoms with Crippen molar-refractivity contribution < 1.29 is 22.3 Å². The minimum absolute atomic E-state index is 0.0211. The van der Waals surface area contributed by atoms with E-state index in [1.54, 1.807) is 0 Å². The Hall–Kier alpha value is -2.56. The maximum atomic E-state index is 14.9. The molecule has 2 aliphatic rings. The van der Waals surface area contributed by atoms with E-state index in [-0.39, 0.29) is 48.8 Å². The van der Waals surface area contributed by atoms with Crippen LogP contribution in [0, 0.1) is 5.82 Å². The molecule has 4 rings (SSSR count). The summed E-state index contributed by atoms with van der Waals surface area (Å²) in [5.74, 6) is -1.61. The van der Waals surface area contributed by atoms with Crippen molar-refractivity contribution in [3.05, 3.63) is 58.6 Å². The molecule has 3 N–H and O–H groups in total. The lowest BCUT2D eigenvalue weighted by molar-refractivity contribution is 0.0875. The lowest BCUT2D eigenvalue weighted by atomic mass is 9.91. The van der Waals surface area contributed by atoms with E-state index in [9.17, 15) is 17.6 Å². The van der Waals surface area contributed by atoms with Gasteiger partial charge < -0.3 is 15.8 Å². The average Bonchev–Trinajstić information content (AvgIpc) is 2.74.